The highest BCUT2D eigenvalue weighted by molar-refractivity contribution is 5.97. The molecule has 4 N–H and O–H groups in total. The van der Waals surface area contributed by atoms with Gasteiger partial charge in [0.15, 0.2) is 11.6 Å². The molecule has 4 aliphatic carbocycles. The first kappa shape index (κ1) is 28.3. The predicted molar refractivity (Wildman–Crippen MR) is 138 cm³/mol. The summed E-state index contributed by atoms with van der Waals surface area (Å²) in [5, 5.41) is 43.7. The normalized spacial score (nSPS) is 45.1. The zero-order valence-electron chi connectivity index (χ0n) is 23.5. The molecule has 3 fully saturated rings. The van der Waals surface area contributed by atoms with Crippen molar-refractivity contribution in [2.75, 3.05) is 0 Å². The molecule has 7 nitrogen and oxygen atoms in total. The molecular weight excluding hydrogens is 472 g/mol. The van der Waals surface area contributed by atoms with Crippen molar-refractivity contribution in [1.29, 1.82) is 0 Å². The molecule has 9 unspecified atom stereocenters. The number of rotatable bonds is 4. The van der Waals surface area contributed by atoms with Crippen LogP contribution in [0.4, 0.5) is 0 Å². The molecule has 0 saturated heterocycles. The zero-order valence-corrected chi connectivity index (χ0v) is 23.5. The fraction of sp³-hybridized carbons (Fsp3) is 0.767. The average molecular weight is 517 g/mol. The van der Waals surface area contributed by atoms with Gasteiger partial charge in [0.2, 0.25) is 0 Å². The van der Waals surface area contributed by atoms with E-state index in [1.54, 1.807) is 0 Å². The van der Waals surface area contributed by atoms with Crippen molar-refractivity contribution in [2.45, 2.75) is 104 Å². The highest BCUT2D eigenvalue weighted by Gasteiger charge is 2.74. The van der Waals surface area contributed by atoms with Crippen LogP contribution in [-0.4, -0.2) is 61.2 Å². The van der Waals surface area contributed by atoms with Crippen LogP contribution >= 0.6 is 0 Å². The van der Waals surface area contributed by atoms with Crippen molar-refractivity contribution >= 4 is 17.3 Å². The highest BCUT2D eigenvalue weighted by atomic mass is 16.3. The number of carbonyl (C=O) groups is 3. The van der Waals surface area contributed by atoms with Gasteiger partial charge in [-0.05, 0) is 62.4 Å². The number of aliphatic hydroxyl groups excluding tert-OH is 2. The molecule has 0 radical (unpaired) electrons. The molecule has 0 aromatic heterocycles. The summed E-state index contributed by atoms with van der Waals surface area (Å²) >= 11 is 0. The number of hydrogen-bond acceptors (Lipinski definition) is 7. The van der Waals surface area contributed by atoms with Crippen LogP contribution in [0.3, 0.4) is 0 Å². The zero-order chi connectivity index (χ0) is 28.1. The van der Waals surface area contributed by atoms with Crippen LogP contribution in [0.1, 0.15) is 81.1 Å². The SMILES string of the molecule is CC(C)(O)C=CC(=O)C(C)(O)C1C(O)CC2(C)C3CC=C4C(CC(=O)C(O)C4(C)C)C3(C)C(=O)CC12C. The topological polar surface area (TPSA) is 132 Å². The number of Topliss-reactive ketones (excluding diaryl/α,β-unsaturated/α-hetero) is 2. The van der Waals surface area contributed by atoms with Crippen molar-refractivity contribution < 1.29 is 34.8 Å². The van der Waals surface area contributed by atoms with Crippen LogP contribution < -0.4 is 0 Å². The van der Waals surface area contributed by atoms with Gasteiger partial charge in [0.25, 0.3) is 0 Å². The molecule has 4 aliphatic rings. The van der Waals surface area contributed by atoms with E-state index in [0.717, 1.165) is 11.6 Å². The third kappa shape index (κ3) is 3.71. The molecule has 206 valence electrons. The van der Waals surface area contributed by atoms with E-state index < -0.39 is 56.8 Å². The first-order valence-electron chi connectivity index (χ1n) is 13.5. The van der Waals surface area contributed by atoms with Gasteiger partial charge in [0, 0.05) is 29.6 Å². The Morgan fingerprint density at radius 1 is 1.03 bits per heavy atom. The Morgan fingerprint density at radius 2 is 1.62 bits per heavy atom. The maximum absolute atomic E-state index is 14.2. The molecular formula is C30H44O7. The molecule has 4 rings (SSSR count). The minimum absolute atomic E-state index is 0.0255. The van der Waals surface area contributed by atoms with Gasteiger partial charge in [-0.3, -0.25) is 14.4 Å². The summed E-state index contributed by atoms with van der Waals surface area (Å²) in [4.78, 5) is 40.3. The van der Waals surface area contributed by atoms with Crippen LogP contribution in [0.25, 0.3) is 0 Å². The van der Waals surface area contributed by atoms with Crippen LogP contribution in [0.2, 0.25) is 0 Å². The summed E-state index contributed by atoms with van der Waals surface area (Å²) in [6.45, 7) is 14.1. The number of ketones is 3. The lowest BCUT2D eigenvalue weighted by Crippen LogP contribution is -2.65. The van der Waals surface area contributed by atoms with Gasteiger partial charge in [-0.1, -0.05) is 52.3 Å². The first-order valence-corrected chi connectivity index (χ1v) is 13.5. The molecule has 0 bridgehead atoms. The lowest BCUT2D eigenvalue weighted by atomic mass is 9.38. The van der Waals surface area contributed by atoms with E-state index >= 15 is 0 Å². The summed E-state index contributed by atoms with van der Waals surface area (Å²) in [7, 11) is 0. The minimum atomic E-state index is -1.95. The number of carbonyl (C=O) groups excluding carboxylic acids is 3. The minimum Gasteiger partial charge on any atom is -0.393 e. The first-order chi connectivity index (χ1) is 16.7. The molecule has 7 heteroatoms. The van der Waals surface area contributed by atoms with Crippen molar-refractivity contribution in [3.8, 4) is 0 Å². The monoisotopic (exact) mass is 516 g/mol. The third-order valence-electron chi connectivity index (χ3n) is 11.2. The van der Waals surface area contributed by atoms with Gasteiger partial charge in [-0.2, -0.15) is 0 Å². The summed E-state index contributed by atoms with van der Waals surface area (Å²) < 4.78 is 0. The molecule has 0 aliphatic heterocycles. The molecule has 0 amide bonds. The van der Waals surface area contributed by atoms with E-state index in [0.29, 0.717) is 12.8 Å². The third-order valence-corrected chi connectivity index (χ3v) is 11.2. The number of allylic oxidation sites excluding steroid dienone is 1. The fourth-order valence-corrected chi connectivity index (χ4v) is 8.95. The predicted octanol–water partition coefficient (Wildman–Crippen LogP) is 2.93. The molecule has 37 heavy (non-hydrogen) atoms. The largest absolute Gasteiger partial charge is 0.393 e. The maximum Gasteiger partial charge on any atom is 0.187 e. The van der Waals surface area contributed by atoms with E-state index in [2.05, 4.69) is 13.0 Å². The Bertz CT molecular complexity index is 1090. The summed E-state index contributed by atoms with van der Waals surface area (Å²) in [5.41, 5.74) is -5.36. The summed E-state index contributed by atoms with van der Waals surface area (Å²) in [5.74, 6) is -2.34. The molecule has 0 aromatic rings. The Labute approximate surface area is 220 Å². The lowest BCUT2D eigenvalue weighted by Gasteiger charge is -2.64. The van der Waals surface area contributed by atoms with Gasteiger partial charge < -0.3 is 20.4 Å². The van der Waals surface area contributed by atoms with Gasteiger partial charge >= 0.3 is 0 Å². The van der Waals surface area contributed by atoms with Crippen LogP contribution in [0, 0.1) is 39.4 Å². The lowest BCUT2D eigenvalue weighted by molar-refractivity contribution is -0.183. The standard InChI is InChI=1S/C30H44O7/c1-25(2,36)12-11-21(33)30(8,37)23-19(32)14-27(5)20-10-9-16-17(13-18(31)24(35)26(16,3)4)29(20,7)22(34)15-28(23,27)6/h9,11-12,17,19-20,23-24,32,35-37H,10,13-15H2,1-8H3. The molecule has 0 spiro atoms. The fourth-order valence-electron chi connectivity index (χ4n) is 8.95. The quantitative estimate of drug-likeness (QED) is 0.334. The molecule has 9 atom stereocenters. The number of hydrogen-bond donors (Lipinski definition) is 4. The van der Waals surface area contributed by atoms with Crippen LogP contribution in [-0.2, 0) is 14.4 Å². The van der Waals surface area contributed by atoms with Crippen molar-refractivity contribution in [1.82, 2.24) is 0 Å². The van der Waals surface area contributed by atoms with E-state index in [9.17, 15) is 34.8 Å². The smallest absolute Gasteiger partial charge is 0.187 e. The second-order valence-electron chi connectivity index (χ2n) is 14.3. The van der Waals surface area contributed by atoms with E-state index in [4.69, 9.17) is 0 Å². The van der Waals surface area contributed by atoms with Gasteiger partial charge in [0.05, 0.1) is 11.7 Å². The van der Waals surface area contributed by atoms with Gasteiger partial charge in [0.1, 0.15) is 17.5 Å². The maximum atomic E-state index is 14.2. The number of aliphatic hydroxyl groups is 4. The Kier molecular flexibility index (Phi) is 6.26. The van der Waals surface area contributed by atoms with Gasteiger partial charge in [-0.15, -0.1) is 0 Å². The molecule has 0 aromatic carbocycles. The van der Waals surface area contributed by atoms with Gasteiger partial charge in [-0.25, -0.2) is 0 Å². The second kappa shape index (κ2) is 8.17. The molecule has 3 saturated carbocycles. The highest BCUT2D eigenvalue weighted by Crippen LogP contribution is 2.74. The van der Waals surface area contributed by atoms with Crippen molar-refractivity contribution in [2.24, 2.45) is 39.4 Å². The number of fused-ring (bicyclic) bond motifs is 5. The summed E-state index contributed by atoms with van der Waals surface area (Å²) in [6.07, 6.45) is 3.49. The second-order valence-corrected chi connectivity index (χ2v) is 14.3. The van der Waals surface area contributed by atoms with E-state index in [-0.39, 0.29) is 36.2 Å². The van der Waals surface area contributed by atoms with E-state index in [1.165, 1.54) is 26.8 Å². The molecule has 0 heterocycles. The van der Waals surface area contributed by atoms with E-state index in [1.807, 2.05) is 27.7 Å². The van der Waals surface area contributed by atoms with Crippen molar-refractivity contribution in [3.63, 3.8) is 0 Å². The Hall–Kier alpha value is -1.67. The van der Waals surface area contributed by atoms with Crippen molar-refractivity contribution in [3.05, 3.63) is 23.8 Å². The van der Waals surface area contributed by atoms with Crippen LogP contribution in [0.5, 0.6) is 0 Å². The Balaban J connectivity index is 1.80. The Morgan fingerprint density at radius 3 is 2.19 bits per heavy atom. The van der Waals surface area contributed by atoms with Crippen LogP contribution in [0.15, 0.2) is 23.8 Å². The summed E-state index contributed by atoms with van der Waals surface area (Å²) in [6, 6.07) is 0. The average Bonchev–Trinajstić information content (AvgIpc) is 2.96.